The first-order valence-electron chi connectivity index (χ1n) is 5.78. The highest BCUT2D eigenvalue weighted by molar-refractivity contribution is 6.32. The molecule has 0 spiro atoms. The number of hydrogen-bond donors (Lipinski definition) is 2. The normalized spacial score (nSPS) is 13.4. The maximum Gasteiger partial charge on any atom is 0.137 e. The lowest BCUT2D eigenvalue weighted by atomic mass is 9.94. The van der Waals surface area contributed by atoms with E-state index in [2.05, 4.69) is 5.43 Å². The maximum atomic E-state index is 6.00. The van der Waals surface area contributed by atoms with Crippen molar-refractivity contribution in [1.82, 2.24) is 5.43 Å². The highest BCUT2D eigenvalue weighted by Gasteiger charge is 2.23. The first-order valence-corrected chi connectivity index (χ1v) is 6.16. The zero-order chi connectivity index (χ0) is 13.8. The molecule has 0 radical (unpaired) electrons. The number of methoxy groups -OCH3 is 2. The van der Waals surface area contributed by atoms with Crippen LogP contribution in [0.1, 0.15) is 31.9 Å². The summed E-state index contributed by atoms with van der Waals surface area (Å²) < 4.78 is 10.6. The minimum absolute atomic E-state index is 0.0221. The molecule has 0 saturated heterocycles. The van der Waals surface area contributed by atoms with Crippen LogP contribution in [-0.4, -0.2) is 19.8 Å². The van der Waals surface area contributed by atoms with Gasteiger partial charge in [-0.3, -0.25) is 11.3 Å². The second-order valence-corrected chi connectivity index (χ2v) is 5.19. The molecule has 0 aliphatic carbocycles. The Labute approximate surface area is 113 Å². The first kappa shape index (κ1) is 15.2. The van der Waals surface area contributed by atoms with Crippen molar-refractivity contribution in [2.75, 3.05) is 14.2 Å². The van der Waals surface area contributed by atoms with Crippen molar-refractivity contribution in [3.63, 3.8) is 0 Å². The van der Waals surface area contributed by atoms with Crippen molar-refractivity contribution in [3.05, 3.63) is 28.8 Å². The van der Waals surface area contributed by atoms with E-state index in [4.69, 9.17) is 26.9 Å². The first-order chi connectivity index (χ1) is 8.43. The lowest BCUT2D eigenvalue weighted by Gasteiger charge is -2.28. The molecule has 1 aromatic rings. The Hall–Kier alpha value is -0.810. The van der Waals surface area contributed by atoms with Crippen LogP contribution in [0.2, 0.25) is 5.02 Å². The number of benzene rings is 1. The topological polar surface area (TPSA) is 56.5 Å². The summed E-state index contributed by atoms with van der Waals surface area (Å²) in [6, 6.07) is 5.60. The minimum atomic E-state index is -0.260. The van der Waals surface area contributed by atoms with Crippen molar-refractivity contribution in [3.8, 4) is 5.75 Å². The number of rotatable bonds is 6. The number of nitrogens with one attached hydrogen (secondary N) is 1. The smallest absolute Gasteiger partial charge is 0.137 e. The lowest BCUT2D eigenvalue weighted by molar-refractivity contribution is 0.00680. The third kappa shape index (κ3) is 3.85. The van der Waals surface area contributed by atoms with Gasteiger partial charge < -0.3 is 9.47 Å². The molecule has 0 heterocycles. The summed E-state index contributed by atoms with van der Waals surface area (Å²) in [5.41, 5.74) is 3.56. The second kappa shape index (κ2) is 6.38. The van der Waals surface area contributed by atoms with Crippen LogP contribution in [0.5, 0.6) is 5.75 Å². The Bertz CT molecular complexity index is 397. The van der Waals surface area contributed by atoms with Gasteiger partial charge in [0.2, 0.25) is 0 Å². The van der Waals surface area contributed by atoms with Crippen molar-refractivity contribution in [2.24, 2.45) is 5.84 Å². The molecule has 4 nitrogen and oxygen atoms in total. The van der Waals surface area contributed by atoms with Gasteiger partial charge in [0, 0.05) is 13.2 Å². The molecular weight excluding hydrogens is 252 g/mol. The fraction of sp³-hybridized carbons (Fsp3) is 0.538. The molecule has 1 rings (SSSR count). The van der Waals surface area contributed by atoms with Crippen LogP contribution in [0.25, 0.3) is 0 Å². The number of hydrazine groups is 1. The fourth-order valence-electron chi connectivity index (χ4n) is 1.74. The van der Waals surface area contributed by atoms with E-state index in [1.165, 1.54) is 0 Å². The summed E-state index contributed by atoms with van der Waals surface area (Å²) >= 11 is 6.00. The van der Waals surface area contributed by atoms with Crippen LogP contribution in [0.15, 0.2) is 18.2 Å². The zero-order valence-corrected chi connectivity index (χ0v) is 12.0. The van der Waals surface area contributed by atoms with E-state index in [1.807, 2.05) is 26.0 Å². The molecule has 3 N–H and O–H groups in total. The maximum absolute atomic E-state index is 6.00. The van der Waals surface area contributed by atoms with E-state index >= 15 is 0 Å². The van der Waals surface area contributed by atoms with Gasteiger partial charge in [0.05, 0.1) is 17.7 Å². The average Bonchev–Trinajstić information content (AvgIpc) is 2.37. The molecule has 5 heteroatoms. The number of hydrogen-bond acceptors (Lipinski definition) is 4. The molecule has 0 aliphatic heterocycles. The second-order valence-electron chi connectivity index (χ2n) is 4.78. The molecule has 0 saturated carbocycles. The van der Waals surface area contributed by atoms with Gasteiger partial charge in [0.1, 0.15) is 5.75 Å². The summed E-state index contributed by atoms with van der Waals surface area (Å²) in [4.78, 5) is 0. The molecule has 1 unspecified atom stereocenters. The molecule has 0 amide bonds. The van der Waals surface area contributed by atoms with Gasteiger partial charge in [-0.1, -0.05) is 17.7 Å². The van der Waals surface area contributed by atoms with Crippen molar-refractivity contribution in [1.29, 1.82) is 0 Å². The quantitative estimate of drug-likeness (QED) is 0.617. The lowest BCUT2D eigenvalue weighted by Crippen LogP contribution is -2.35. The molecule has 18 heavy (non-hydrogen) atoms. The van der Waals surface area contributed by atoms with Crippen LogP contribution < -0.4 is 16.0 Å². The van der Waals surface area contributed by atoms with E-state index in [0.717, 1.165) is 12.0 Å². The summed E-state index contributed by atoms with van der Waals surface area (Å²) in [6.45, 7) is 4.04. The van der Waals surface area contributed by atoms with E-state index in [9.17, 15) is 0 Å². The van der Waals surface area contributed by atoms with Gasteiger partial charge in [0.25, 0.3) is 0 Å². The van der Waals surface area contributed by atoms with Crippen LogP contribution in [0.4, 0.5) is 0 Å². The van der Waals surface area contributed by atoms with Crippen molar-refractivity contribution in [2.45, 2.75) is 31.9 Å². The van der Waals surface area contributed by atoms with Crippen LogP contribution in [-0.2, 0) is 4.74 Å². The molecule has 1 aromatic carbocycles. The highest BCUT2D eigenvalue weighted by Crippen LogP contribution is 2.31. The van der Waals surface area contributed by atoms with Crippen LogP contribution in [0, 0.1) is 0 Å². The van der Waals surface area contributed by atoms with Gasteiger partial charge in [-0.05, 0) is 38.0 Å². The van der Waals surface area contributed by atoms with Crippen molar-refractivity contribution < 1.29 is 9.47 Å². The summed E-state index contributed by atoms with van der Waals surface area (Å²) in [5.74, 6) is 6.26. The Morgan fingerprint density at radius 3 is 2.56 bits per heavy atom. The molecule has 1 atom stereocenters. The summed E-state index contributed by atoms with van der Waals surface area (Å²) in [5, 5.41) is 0.586. The van der Waals surface area contributed by atoms with Gasteiger partial charge >= 0.3 is 0 Å². The van der Waals surface area contributed by atoms with E-state index in [-0.39, 0.29) is 11.6 Å². The Kier molecular flexibility index (Phi) is 5.41. The summed E-state index contributed by atoms with van der Waals surface area (Å²) in [7, 11) is 3.28. The number of halogens is 1. The van der Waals surface area contributed by atoms with Gasteiger partial charge in [-0.15, -0.1) is 0 Å². The number of ether oxygens (including phenoxy) is 2. The molecule has 0 fully saturated rings. The van der Waals surface area contributed by atoms with Crippen LogP contribution in [0.3, 0.4) is 0 Å². The van der Waals surface area contributed by atoms with E-state index in [1.54, 1.807) is 20.3 Å². The molecular formula is C13H21ClN2O2. The SMILES string of the molecule is COc1cc(C(CC(C)(C)OC)NN)ccc1Cl. The van der Waals surface area contributed by atoms with Gasteiger partial charge in [-0.25, -0.2) is 0 Å². The predicted molar refractivity (Wildman–Crippen MR) is 73.8 cm³/mol. The largest absolute Gasteiger partial charge is 0.495 e. The Morgan fingerprint density at radius 2 is 2.06 bits per heavy atom. The third-order valence-corrected chi connectivity index (χ3v) is 3.34. The zero-order valence-electron chi connectivity index (χ0n) is 11.3. The fourth-order valence-corrected chi connectivity index (χ4v) is 1.94. The van der Waals surface area contributed by atoms with Gasteiger partial charge in [-0.2, -0.15) is 0 Å². The minimum Gasteiger partial charge on any atom is -0.495 e. The summed E-state index contributed by atoms with van der Waals surface area (Å²) in [6.07, 6.45) is 0.741. The Morgan fingerprint density at radius 1 is 1.39 bits per heavy atom. The number of nitrogens with two attached hydrogens (primary N) is 1. The molecule has 0 bridgehead atoms. The molecule has 102 valence electrons. The average molecular weight is 273 g/mol. The monoisotopic (exact) mass is 272 g/mol. The Balaban J connectivity index is 2.95. The molecule has 0 aliphatic rings. The van der Waals surface area contributed by atoms with Gasteiger partial charge in [0.15, 0.2) is 0 Å². The van der Waals surface area contributed by atoms with Crippen molar-refractivity contribution >= 4 is 11.6 Å². The third-order valence-electron chi connectivity index (χ3n) is 3.03. The molecule has 0 aromatic heterocycles. The highest BCUT2D eigenvalue weighted by atomic mass is 35.5. The van der Waals surface area contributed by atoms with Crippen LogP contribution >= 0.6 is 11.6 Å². The van der Waals surface area contributed by atoms with E-state index < -0.39 is 0 Å². The standard InChI is InChI=1S/C13H21ClN2O2/c1-13(2,18-4)8-11(16-15)9-5-6-10(14)12(7-9)17-3/h5-7,11,16H,8,15H2,1-4H3. The van der Waals surface area contributed by atoms with E-state index in [0.29, 0.717) is 10.8 Å². The predicted octanol–water partition coefficient (Wildman–Crippen LogP) is 2.67.